The third kappa shape index (κ3) is 6.52. The van der Waals surface area contributed by atoms with Crippen LogP contribution in [0.1, 0.15) is 73.6 Å². The van der Waals surface area contributed by atoms with Crippen molar-refractivity contribution in [3.63, 3.8) is 0 Å². The van der Waals surface area contributed by atoms with Gasteiger partial charge in [-0.1, -0.05) is 40.0 Å². The van der Waals surface area contributed by atoms with Crippen LogP contribution in [-0.2, 0) is 19.2 Å². The van der Waals surface area contributed by atoms with Gasteiger partial charge in [-0.3, -0.25) is 19.2 Å². The SMILES string of the molecule is CC(C)(C)NC(=O)N[C@H](C(=O)N1C[C@@H]2C[C@@H]2[C@H]1C(=O)N[C@@H](CC1CCC1)C(=O)C(N)=O)C(C)(C)C. The van der Waals surface area contributed by atoms with E-state index in [2.05, 4.69) is 16.0 Å². The lowest BCUT2D eigenvalue weighted by Gasteiger charge is -2.37. The molecule has 3 rings (SSSR count). The molecule has 3 fully saturated rings. The first-order valence-electron chi connectivity index (χ1n) is 12.6. The molecule has 196 valence electrons. The maximum absolute atomic E-state index is 13.7. The Hall–Kier alpha value is -2.65. The zero-order valence-corrected chi connectivity index (χ0v) is 21.8. The van der Waals surface area contributed by atoms with E-state index in [0.29, 0.717) is 13.0 Å². The monoisotopic (exact) mass is 491 g/mol. The topological polar surface area (TPSA) is 151 Å². The second kappa shape index (κ2) is 9.78. The van der Waals surface area contributed by atoms with Crippen LogP contribution in [-0.4, -0.2) is 64.6 Å². The fourth-order valence-electron chi connectivity index (χ4n) is 5.07. The maximum Gasteiger partial charge on any atom is 0.315 e. The number of hydrogen-bond donors (Lipinski definition) is 4. The lowest BCUT2D eigenvalue weighted by atomic mass is 9.80. The average molecular weight is 492 g/mol. The number of likely N-dealkylation sites (tertiary alicyclic amines) is 1. The Morgan fingerprint density at radius 2 is 1.63 bits per heavy atom. The van der Waals surface area contributed by atoms with Gasteiger partial charge in [0.1, 0.15) is 12.1 Å². The highest BCUT2D eigenvalue weighted by Crippen LogP contribution is 2.50. The van der Waals surface area contributed by atoms with Gasteiger partial charge in [0.2, 0.25) is 17.6 Å². The van der Waals surface area contributed by atoms with E-state index in [1.807, 2.05) is 41.5 Å². The molecule has 0 bridgehead atoms. The second-order valence-electron chi connectivity index (χ2n) is 12.6. The van der Waals surface area contributed by atoms with Crippen molar-refractivity contribution in [2.75, 3.05) is 6.54 Å². The van der Waals surface area contributed by atoms with Gasteiger partial charge in [-0.15, -0.1) is 0 Å². The van der Waals surface area contributed by atoms with Crippen LogP contribution in [0.25, 0.3) is 0 Å². The van der Waals surface area contributed by atoms with Crippen molar-refractivity contribution >= 4 is 29.5 Å². The van der Waals surface area contributed by atoms with Crippen LogP contribution in [0, 0.1) is 23.2 Å². The summed E-state index contributed by atoms with van der Waals surface area (Å²) in [4.78, 5) is 65.2. The number of carbonyl (C=O) groups is 5. The number of urea groups is 1. The average Bonchev–Trinajstić information content (AvgIpc) is 3.33. The zero-order chi connectivity index (χ0) is 26.3. The first-order valence-corrected chi connectivity index (χ1v) is 12.6. The Balaban J connectivity index is 1.76. The molecule has 1 aliphatic heterocycles. The van der Waals surface area contributed by atoms with Gasteiger partial charge < -0.3 is 26.6 Å². The number of nitrogens with zero attached hydrogens (tertiary/aromatic N) is 1. The maximum atomic E-state index is 13.7. The number of fused-ring (bicyclic) bond motifs is 1. The summed E-state index contributed by atoms with van der Waals surface area (Å²) in [6, 6.07) is -3.03. The van der Waals surface area contributed by atoms with Crippen molar-refractivity contribution in [1.29, 1.82) is 0 Å². The largest absolute Gasteiger partial charge is 0.363 e. The molecule has 0 unspecified atom stereocenters. The van der Waals surface area contributed by atoms with Gasteiger partial charge in [-0.05, 0) is 56.8 Å². The first kappa shape index (κ1) is 26.9. The molecule has 1 heterocycles. The number of amides is 5. The molecule has 0 aromatic rings. The molecule has 2 saturated carbocycles. The van der Waals surface area contributed by atoms with Gasteiger partial charge >= 0.3 is 6.03 Å². The summed E-state index contributed by atoms with van der Waals surface area (Å²) < 4.78 is 0. The number of primary amides is 1. The molecule has 10 nitrogen and oxygen atoms in total. The van der Waals surface area contributed by atoms with Gasteiger partial charge in [-0.25, -0.2) is 4.79 Å². The van der Waals surface area contributed by atoms with Crippen LogP contribution in [0.3, 0.4) is 0 Å². The van der Waals surface area contributed by atoms with Gasteiger partial charge in [-0.2, -0.15) is 0 Å². The van der Waals surface area contributed by atoms with E-state index in [0.717, 1.165) is 25.7 Å². The molecule has 0 spiro atoms. The number of rotatable bonds is 8. The van der Waals surface area contributed by atoms with Crippen LogP contribution >= 0.6 is 0 Å². The Kier molecular flexibility index (Phi) is 7.53. The summed E-state index contributed by atoms with van der Waals surface area (Å²) in [6.45, 7) is 11.6. The van der Waals surface area contributed by atoms with Crippen molar-refractivity contribution in [1.82, 2.24) is 20.9 Å². The Bertz CT molecular complexity index is 886. The molecule has 0 aromatic carbocycles. The third-order valence-corrected chi connectivity index (χ3v) is 7.25. The summed E-state index contributed by atoms with van der Waals surface area (Å²) in [5.41, 5.74) is 4.16. The molecule has 5 atom stereocenters. The third-order valence-electron chi connectivity index (χ3n) is 7.25. The standard InChI is InChI=1S/C25H41N5O5/c1-24(2,3)19(28-23(35)29-25(4,5)6)22(34)30-12-14-11-15(14)17(30)21(33)27-16(18(31)20(26)32)10-13-8-7-9-13/h13-17,19H,7-12H2,1-6H3,(H2,26,32)(H,27,33)(H2,28,29,35)/t14-,15-,16-,17-,19+/m0/s1. The van der Waals surface area contributed by atoms with Crippen molar-refractivity contribution in [2.45, 2.75) is 97.3 Å². The fourth-order valence-corrected chi connectivity index (χ4v) is 5.07. The molecule has 5 N–H and O–H groups in total. The van der Waals surface area contributed by atoms with Crippen molar-refractivity contribution < 1.29 is 24.0 Å². The van der Waals surface area contributed by atoms with Crippen molar-refractivity contribution in [2.24, 2.45) is 28.9 Å². The van der Waals surface area contributed by atoms with Gasteiger partial charge in [0.15, 0.2) is 0 Å². The highest BCUT2D eigenvalue weighted by Gasteiger charge is 2.58. The predicted molar refractivity (Wildman–Crippen MR) is 130 cm³/mol. The van der Waals surface area contributed by atoms with E-state index in [-0.39, 0.29) is 23.7 Å². The summed E-state index contributed by atoms with van der Waals surface area (Å²) >= 11 is 0. The Labute approximate surface area is 207 Å². The number of ketones is 1. The lowest BCUT2D eigenvalue weighted by molar-refractivity contribution is -0.144. The highest BCUT2D eigenvalue weighted by molar-refractivity contribution is 6.37. The van der Waals surface area contributed by atoms with Crippen molar-refractivity contribution in [3.8, 4) is 0 Å². The van der Waals surface area contributed by atoms with E-state index >= 15 is 0 Å². The summed E-state index contributed by atoms with van der Waals surface area (Å²) in [5, 5.41) is 8.37. The first-order chi connectivity index (χ1) is 16.1. The summed E-state index contributed by atoms with van der Waals surface area (Å²) in [6.07, 6.45) is 4.17. The van der Waals surface area contributed by atoms with E-state index in [4.69, 9.17) is 5.73 Å². The number of hydrogen-bond acceptors (Lipinski definition) is 5. The highest BCUT2D eigenvalue weighted by atomic mass is 16.2. The van der Waals surface area contributed by atoms with E-state index in [1.54, 1.807) is 0 Å². The number of Topliss-reactive ketones (excluding diaryl/α,β-unsaturated/α-hetero) is 1. The molecule has 3 aliphatic rings. The van der Waals surface area contributed by atoms with E-state index in [9.17, 15) is 24.0 Å². The number of piperidine rings is 1. The minimum absolute atomic E-state index is 0.0102. The molecule has 5 amide bonds. The van der Waals surface area contributed by atoms with E-state index < -0.39 is 52.7 Å². The van der Waals surface area contributed by atoms with Gasteiger partial charge in [0, 0.05) is 12.1 Å². The lowest BCUT2D eigenvalue weighted by Crippen LogP contribution is -2.61. The van der Waals surface area contributed by atoms with Gasteiger partial charge in [0.25, 0.3) is 5.91 Å². The fraction of sp³-hybridized carbons (Fsp3) is 0.800. The summed E-state index contributed by atoms with van der Waals surface area (Å²) in [5.74, 6) is -2.14. The molecular weight excluding hydrogens is 450 g/mol. The second-order valence-corrected chi connectivity index (χ2v) is 12.6. The van der Waals surface area contributed by atoms with Crippen LogP contribution in [0.5, 0.6) is 0 Å². The number of nitrogens with two attached hydrogens (primary N) is 1. The quantitative estimate of drug-likeness (QED) is 0.375. The summed E-state index contributed by atoms with van der Waals surface area (Å²) in [7, 11) is 0. The number of carbonyl (C=O) groups excluding carboxylic acids is 5. The zero-order valence-electron chi connectivity index (χ0n) is 21.8. The molecule has 35 heavy (non-hydrogen) atoms. The smallest absolute Gasteiger partial charge is 0.315 e. The molecule has 1 saturated heterocycles. The van der Waals surface area contributed by atoms with E-state index in [1.165, 1.54) is 4.90 Å². The Morgan fingerprint density at radius 3 is 2.11 bits per heavy atom. The minimum atomic E-state index is -1.07. The van der Waals surface area contributed by atoms with Crippen LogP contribution in [0.4, 0.5) is 4.79 Å². The molecule has 2 aliphatic carbocycles. The van der Waals surface area contributed by atoms with Crippen LogP contribution < -0.4 is 21.7 Å². The molecule has 0 aromatic heterocycles. The minimum Gasteiger partial charge on any atom is -0.363 e. The van der Waals surface area contributed by atoms with Gasteiger partial charge in [0.05, 0.1) is 6.04 Å². The normalized spacial score (nSPS) is 25.5. The Morgan fingerprint density at radius 1 is 1.00 bits per heavy atom. The predicted octanol–water partition coefficient (Wildman–Crippen LogP) is 1.08. The molecule has 10 heteroatoms. The van der Waals surface area contributed by atoms with Crippen molar-refractivity contribution in [3.05, 3.63) is 0 Å². The molecule has 0 radical (unpaired) electrons. The van der Waals surface area contributed by atoms with Crippen LogP contribution in [0.15, 0.2) is 0 Å². The van der Waals surface area contributed by atoms with Crippen LogP contribution in [0.2, 0.25) is 0 Å². The number of nitrogens with one attached hydrogen (secondary N) is 3. The molecular formula is C25H41N5O5.